The second-order valence-corrected chi connectivity index (χ2v) is 6.47. The summed E-state index contributed by atoms with van der Waals surface area (Å²) in [5.41, 5.74) is 6.06. The quantitative estimate of drug-likeness (QED) is 0.580. The molecule has 0 atom stereocenters. The van der Waals surface area contributed by atoms with Gasteiger partial charge in [-0.3, -0.25) is 4.79 Å². The molecule has 26 heavy (non-hydrogen) atoms. The number of carbonyl (C=O) groups is 1. The van der Waals surface area contributed by atoms with Crippen LogP contribution < -0.4 is 5.32 Å². The van der Waals surface area contributed by atoms with Crippen molar-refractivity contribution in [2.75, 3.05) is 0 Å². The van der Waals surface area contributed by atoms with Crippen molar-refractivity contribution < 1.29 is 4.79 Å². The molecule has 0 unspecified atom stereocenters. The summed E-state index contributed by atoms with van der Waals surface area (Å²) in [4.78, 5) is 24.3. The van der Waals surface area contributed by atoms with E-state index in [1.807, 2.05) is 12.3 Å². The smallest absolute Gasteiger partial charge is 0.220 e. The zero-order chi connectivity index (χ0) is 18.1. The number of aromatic nitrogens is 5. The number of nitrogens with one attached hydrogen (secondary N) is 2. The van der Waals surface area contributed by atoms with Crippen molar-refractivity contribution in [3.8, 4) is 0 Å². The van der Waals surface area contributed by atoms with Crippen LogP contribution in [-0.2, 0) is 17.8 Å². The number of amides is 1. The number of rotatable bonds is 5. The van der Waals surface area contributed by atoms with Gasteiger partial charge in [0.2, 0.25) is 5.91 Å². The number of H-pyrrole nitrogens is 1. The Morgan fingerprint density at radius 3 is 3.00 bits per heavy atom. The first-order chi connectivity index (χ1) is 12.6. The Morgan fingerprint density at radius 1 is 1.27 bits per heavy atom. The van der Waals surface area contributed by atoms with Gasteiger partial charge in [0.1, 0.15) is 5.82 Å². The van der Waals surface area contributed by atoms with Gasteiger partial charge in [-0.15, -0.1) is 0 Å². The third-order valence-corrected chi connectivity index (χ3v) is 4.56. The van der Waals surface area contributed by atoms with E-state index in [9.17, 15) is 4.79 Å². The number of aromatic amines is 1. The van der Waals surface area contributed by atoms with Gasteiger partial charge in [0.05, 0.1) is 17.2 Å². The summed E-state index contributed by atoms with van der Waals surface area (Å²) < 4.78 is 1.69. The molecule has 0 aliphatic carbocycles. The van der Waals surface area contributed by atoms with Gasteiger partial charge >= 0.3 is 0 Å². The van der Waals surface area contributed by atoms with Crippen LogP contribution in [0.5, 0.6) is 0 Å². The van der Waals surface area contributed by atoms with Crippen LogP contribution in [0.2, 0.25) is 0 Å². The van der Waals surface area contributed by atoms with Crippen LogP contribution in [0.4, 0.5) is 0 Å². The highest BCUT2D eigenvalue weighted by Gasteiger charge is 2.09. The molecule has 0 saturated carbocycles. The first-order valence-electron chi connectivity index (χ1n) is 8.60. The fourth-order valence-electron chi connectivity index (χ4n) is 2.96. The largest absolute Gasteiger partial charge is 0.352 e. The molecular weight excluding hydrogens is 328 g/mol. The molecule has 0 radical (unpaired) electrons. The van der Waals surface area contributed by atoms with Gasteiger partial charge in [-0.25, -0.2) is 14.5 Å². The standard InChI is InChI=1S/C19H20N6O/c1-12-8-15-16(9-13(12)2)24-17(23-15)4-5-18(26)21-10-14-11-22-25-7-3-6-20-19(14)25/h3,6-9,11H,4-5,10H2,1-2H3,(H,21,26)(H,23,24). The van der Waals surface area contributed by atoms with Gasteiger partial charge < -0.3 is 10.3 Å². The molecule has 2 N–H and O–H groups in total. The van der Waals surface area contributed by atoms with Gasteiger partial charge in [0.15, 0.2) is 5.65 Å². The van der Waals surface area contributed by atoms with E-state index < -0.39 is 0 Å². The van der Waals surface area contributed by atoms with Crippen molar-refractivity contribution in [2.45, 2.75) is 33.2 Å². The Bertz CT molecular complexity index is 1060. The Morgan fingerprint density at radius 2 is 2.12 bits per heavy atom. The van der Waals surface area contributed by atoms with Crippen molar-refractivity contribution in [2.24, 2.45) is 0 Å². The zero-order valence-corrected chi connectivity index (χ0v) is 14.8. The molecule has 0 aliphatic heterocycles. The number of fused-ring (bicyclic) bond motifs is 2. The van der Waals surface area contributed by atoms with Crippen molar-refractivity contribution in [3.05, 3.63) is 59.3 Å². The van der Waals surface area contributed by atoms with E-state index in [1.165, 1.54) is 11.1 Å². The number of carbonyl (C=O) groups excluding carboxylic acids is 1. The second-order valence-electron chi connectivity index (χ2n) is 6.47. The van der Waals surface area contributed by atoms with E-state index >= 15 is 0 Å². The van der Waals surface area contributed by atoms with Crippen LogP contribution in [0.15, 0.2) is 36.8 Å². The van der Waals surface area contributed by atoms with Crippen molar-refractivity contribution in [1.29, 1.82) is 0 Å². The molecule has 3 heterocycles. The van der Waals surface area contributed by atoms with E-state index in [2.05, 4.69) is 51.3 Å². The summed E-state index contributed by atoms with van der Waals surface area (Å²) >= 11 is 0. The minimum atomic E-state index is -0.0203. The Kier molecular flexibility index (Phi) is 4.12. The Balaban J connectivity index is 1.36. The first kappa shape index (κ1) is 16.3. The third kappa shape index (κ3) is 3.15. The van der Waals surface area contributed by atoms with Crippen LogP contribution in [0.25, 0.3) is 16.7 Å². The van der Waals surface area contributed by atoms with Gasteiger partial charge in [0.25, 0.3) is 0 Å². The molecule has 0 spiro atoms. The number of nitrogens with zero attached hydrogens (tertiary/aromatic N) is 4. The number of hydrogen-bond donors (Lipinski definition) is 2. The van der Waals surface area contributed by atoms with Gasteiger partial charge in [-0.05, 0) is 43.2 Å². The number of hydrogen-bond acceptors (Lipinski definition) is 4. The minimum Gasteiger partial charge on any atom is -0.352 e. The zero-order valence-electron chi connectivity index (χ0n) is 14.8. The first-order valence-corrected chi connectivity index (χ1v) is 8.60. The lowest BCUT2D eigenvalue weighted by Crippen LogP contribution is -2.23. The maximum Gasteiger partial charge on any atom is 0.220 e. The highest BCUT2D eigenvalue weighted by atomic mass is 16.1. The maximum atomic E-state index is 12.2. The lowest BCUT2D eigenvalue weighted by molar-refractivity contribution is -0.121. The normalized spacial score (nSPS) is 11.3. The molecule has 3 aromatic heterocycles. The predicted octanol–water partition coefficient (Wildman–Crippen LogP) is 2.47. The molecule has 0 saturated heterocycles. The van der Waals surface area contributed by atoms with Gasteiger partial charge in [0, 0.05) is 37.3 Å². The van der Waals surface area contributed by atoms with Crippen LogP contribution in [0.1, 0.15) is 28.9 Å². The van der Waals surface area contributed by atoms with E-state index in [0.717, 1.165) is 28.1 Å². The van der Waals surface area contributed by atoms with Crippen molar-refractivity contribution in [3.63, 3.8) is 0 Å². The molecule has 0 bridgehead atoms. The Hall–Kier alpha value is -3.22. The molecule has 7 nitrogen and oxygen atoms in total. The Labute approximate surface area is 150 Å². The van der Waals surface area contributed by atoms with Crippen LogP contribution in [0, 0.1) is 13.8 Å². The summed E-state index contributed by atoms with van der Waals surface area (Å²) in [7, 11) is 0. The van der Waals surface area contributed by atoms with E-state index in [4.69, 9.17) is 0 Å². The molecule has 0 aliphatic rings. The highest BCUT2D eigenvalue weighted by molar-refractivity contribution is 5.78. The topological polar surface area (TPSA) is 88.0 Å². The highest BCUT2D eigenvalue weighted by Crippen LogP contribution is 2.17. The number of aryl methyl sites for hydroxylation is 3. The summed E-state index contributed by atoms with van der Waals surface area (Å²) in [6.45, 7) is 4.57. The molecular formula is C19H20N6O. The van der Waals surface area contributed by atoms with Crippen LogP contribution >= 0.6 is 0 Å². The molecule has 1 aromatic carbocycles. The van der Waals surface area contributed by atoms with Crippen molar-refractivity contribution in [1.82, 2.24) is 29.9 Å². The maximum absolute atomic E-state index is 12.2. The van der Waals surface area contributed by atoms with Gasteiger partial charge in [-0.1, -0.05) is 0 Å². The summed E-state index contributed by atoms with van der Waals surface area (Å²) in [5, 5.41) is 7.14. The van der Waals surface area contributed by atoms with E-state index in [-0.39, 0.29) is 5.91 Å². The molecule has 4 rings (SSSR count). The predicted molar refractivity (Wildman–Crippen MR) is 98.7 cm³/mol. The van der Waals surface area contributed by atoms with Gasteiger partial charge in [-0.2, -0.15) is 5.10 Å². The van der Waals surface area contributed by atoms with E-state index in [1.54, 1.807) is 16.9 Å². The number of benzene rings is 1. The average molecular weight is 348 g/mol. The lowest BCUT2D eigenvalue weighted by Gasteiger charge is -2.03. The molecule has 132 valence electrons. The monoisotopic (exact) mass is 348 g/mol. The van der Waals surface area contributed by atoms with Crippen LogP contribution in [-0.4, -0.2) is 30.5 Å². The third-order valence-electron chi connectivity index (χ3n) is 4.56. The lowest BCUT2D eigenvalue weighted by atomic mass is 10.1. The van der Waals surface area contributed by atoms with Crippen molar-refractivity contribution >= 4 is 22.6 Å². The minimum absolute atomic E-state index is 0.0203. The molecule has 1 amide bonds. The summed E-state index contributed by atoms with van der Waals surface area (Å²) in [5.74, 6) is 0.811. The molecule has 7 heteroatoms. The summed E-state index contributed by atoms with van der Waals surface area (Å²) in [6, 6.07) is 5.99. The van der Waals surface area contributed by atoms with Crippen LogP contribution in [0.3, 0.4) is 0 Å². The molecule has 4 aromatic rings. The fourth-order valence-corrected chi connectivity index (χ4v) is 2.96. The fraction of sp³-hybridized carbons (Fsp3) is 0.263. The van der Waals surface area contributed by atoms with E-state index in [0.29, 0.717) is 19.4 Å². The molecule has 0 fully saturated rings. The SMILES string of the molecule is Cc1cc2nc(CCC(=O)NCc3cnn4cccnc34)[nH]c2cc1C. The number of imidazole rings is 1. The average Bonchev–Trinajstić information content (AvgIpc) is 3.22. The second kappa shape index (κ2) is 6.59. The summed E-state index contributed by atoms with van der Waals surface area (Å²) in [6.07, 6.45) is 6.23.